The van der Waals surface area contributed by atoms with Crippen molar-refractivity contribution in [3.63, 3.8) is 0 Å². The molecule has 0 bridgehead atoms. The predicted octanol–water partition coefficient (Wildman–Crippen LogP) is 3.60. The summed E-state index contributed by atoms with van der Waals surface area (Å²) in [5.41, 5.74) is 3.71. The van der Waals surface area contributed by atoms with Gasteiger partial charge in [-0.15, -0.1) is 0 Å². The summed E-state index contributed by atoms with van der Waals surface area (Å²) in [5, 5.41) is 2.88. The lowest BCUT2D eigenvalue weighted by Gasteiger charge is -2.37. The monoisotopic (exact) mass is 365 g/mol. The summed E-state index contributed by atoms with van der Waals surface area (Å²) >= 11 is 0. The molecule has 2 aromatic carbocycles. The standard InChI is InChI=1S/C21H23N3O3/c1-13-5-4-6-17(9-13)26-18-11-24(12-18)21-23-19-8-7-16(10-20(19)27-21)14(2)22-15(3)25/h4-10,14,18H,11-12H2,1-3H3,(H,22,25)/t14-/m1/s1. The largest absolute Gasteiger partial charge is 0.487 e. The molecule has 4 rings (SSSR count). The lowest BCUT2D eigenvalue weighted by molar-refractivity contribution is -0.119. The summed E-state index contributed by atoms with van der Waals surface area (Å²) in [6.45, 7) is 7.01. The first-order valence-electron chi connectivity index (χ1n) is 9.14. The van der Waals surface area contributed by atoms with Crippen LogP contribution >= 0.6 is 0 Å². The first-order chi connectivity index (χ1) is 13.0. The molecule has 6 heteroatoms. The van der Waals surface area contributed by atoms with Gasteiger partial charge in [-0.3, -0.25) is 4.79 Å². The maximum Gasteiger partial charge on any atom is 0.298 e. The Bertz CT molecular complexity index is 976. The molecule has 0 aliphatic carbocycles. The number of carbonyl (C=O) groups is 1. The first kappa shape index (κ1) is 17.4. The van der Waals surface area contributed by atoms with E-state index in [4.69, 9.17) is 9.15 Å². The number of aromatic nitrogens is 1. The van der Waals surface area contributed by atoms with Crippen molar-refractivity contribution in [3.05, 3.63) is 53.6 Å². The van der Waals surface area contributed by atoms with E-state index in [1.165, 1.54) is 12.5 Å². The van der Waals surface area contributed by atoms with E-state index >= 15 is 0 Å². The Labute approximate surface area is 158 Å². The van der Waals surface area contributed by atoms with Crippen LogP contribution in [0.3, 0.4) is 0 Å². The summed E-state index contributed by atoms with van der Waals surface area (Å²) < 4.78 is 11.9. The van der Waals surface area contributed by atoms with Gasteiger partial charge < -0.3 is 19.4 Å². The Kier molecular flexibility index (Phi) is 4.48. The van der Waals surface area contributed by atoms with Crippen LogP contribution in [0.2, 0.25) is 0 Å². The van der Waals surface area contributed by atoms with Gasteiger partial charge in [-0.2, -0.15) is 4.98 Å². The number of rotatable bonds is 5. The number of amides is 1. The van der Waals surface area contributed by atoms with E-state index in [1.807, 2.05) is 43.3 Å². The highest BCUT2D eigenvalue weighted by molar-refractivity contribution is 5.77. The van der Waals surface area contributed by atoms with Crippen molar-refractivity contribution in [1.29, 1.82) is 0 Å². The molecule has 27 heavy (non-hydrogen) atoms. The SMILES string of the molecule is CC(=O)N[C@H](C)c1ccc2nc(N3CC(Oc4cccc(C)c4)C3)oc2c1. The molecule has 0 spiro atoms. The highest BCUT2D eigenvalue weighted by atomic mass is 16.5. The van der Waals surface area contributed by atoms with E-state index in [9.17, 15) is 4.79 Å². The number of ether oxygens (including phenoxy) is 1. The number of aryl methyl sites for hydroxylation is 1. The van der Waals surface area contributed by atoms with E-state index in [1.54, 1.807) is 0 Å². The zero-order valence-corrected chi connectivity index (χ0v) is 15.7. The summed E-state index contributed by atoms with van der Waals surface area (Å²) in [6, 6.07) is 14.4. The first-order valence-corrected chi connectivity index (χ1v) is 9.14. The number of anilines is 1. The minimum atomic E-state index is -0.0726. The van der Waals surface area contributed by atoms with Crippen molar-refractivity contribution >= 4 is 23.0 Å². The van der Waals surface area contributed by atoms with E-state index in [0.717, 1.165) is 35.5 Å². The molecule has 1 amide bonds. The zero-order chi connectivity index (χ0) is 19.0. The van der Waals surface area contributed by atoms with Crippen LogP contribution in [0.4, 0.5) is 6.01 Å². The molecule has 1 saturated heterocycles. The Morgan fingerprint density at radius 1 is 1.30 bits per heavy atom. The van der Waals surface area contributed by atoms with Gasteiger partial charge in [0.25, 0.3) is 6.01 Å². The van der Waals surface area contributed by atoms with Gasteiger partial charge in [0.15, 0.2) is 5.58 Å². The third-order valence-corrected chi connectivity index (χ3v) is 4.73. The van der Waals surface area contributed by atoms with Crippen LogP contribution in [-0.2, 0) is 4.79 Å². The molecule has 1 aliphatic rings. The average molecular weight is 365 g/mol. The van der Waals surface area contributed by atoms with Crippen LogP contribution in [0.1, 0.15) is 31.0 Å². The second kappa shape index (κ2) is 6.95. The molecule has 0 saturated carbocycles. The fraction of sp³-hybridized carbons (Fsp3) is 0.333. The van der Waals surface area contributed by atoms with Crippen LogP contribution < -0.4 is 15.0 Å². The molecule has 1 atom stereocenters. The van der Waals surface area contributed by atoms with Crippen molar-refractivity contribution < 1.29 is 13.9 Å². The van der Waals surface area contributed by atoms with Crippen molar-refractivity contribution in [1.82, 2.24) is 10.3 Å². The van der Waals surface area contributed by atoms with Gasteiger partial charge in [0.2, 0.25) is 5.91 Å². The van der Waals surface area contributed by atoms with Gasteiger partial charge in [-0.1, -0.05) is 18.2 Å². The van der Waals surface area contributed by atoms with Crippen LogP contribution in [0.5, 0.6) is 5.75 Å². The second-order valence-corrected chi connectivity index (χ2v) is 7.11. The van der Waals surface area contributed by atoms with Crippen molar-refractivity contribution in [3.8, 4) is 5.75 Å². The Hall–Kier alpha value is -3.02. The summed E-state index contributed by atoms with van der Waals surface area (Å²) in [5.74, 6) is 0.843. The molecule has 6 nitrogen and oxygen atoms in total. The summed E-state index contributed by atoms with van der Waals surface area (Å²) in [7, 11) is 0. The maximum atomic E-state index is 11.2. The quantitative estimate of drug-likeness (QED) is 0.748. The number of hydrogen-bond donors (Lipinski definition) is 1. The number of carbonyl (C=O) groups excluding carboxylic acids is 1. The molecule has 1 fully saturated rings. The molecule has 1 N–H and O–H groups in total. The van der Waals surface area contributed by atoms with Gasteiger partial charge in [0.05, 0.1) is 19.1 Å². The van der Waals surface area contributed by atoms with Crippen molar-refractivity contribution in [2.45, 2.75) is 32.9 Å². The Morgan fingerprint density at radius 2 is 2.11 bits per heavy atom. The second-order valence-electron chi connectivity index (χ2n) is 7.11. The third kappa shape index (κ3) is 3.74. The zero-order valence-electron chi connectivity index (χ0n) is 15.7. The van der Waals surface area contributed by atoms with Crippen LogP contribution in [0, 0.1) is 6.92 Å². The number of hydrogen-bond acceptors (Lipinski definition) is 5. The van der Waals surface area contributed by atoms with Gasteiger partial charge in [-0.05, 0) is 49.2 Å². The molecule has 3 aromatic rings. The topological polar surface area (TPSA) is 67.6 Å². The molecule has 0 radical (unpaired) electrons. The highest BCUT2D eigenvalue weighted by Gasteiger charge is 2.32. The molecule has 2 heterocycles. The number of oxazole rings is 1. The number of fused-ring (bicyclic) bond motifs is 1. The predicted molar refractivity (Wildman–Crippen MR) is 104 cm³/mol. The fourth-order valence-electron chi connectivity index (χ4n) is 3.27. The van der Waals surface area contributed by atoms with Crippen LogP contribution in [0.25, 0.3) is 11.1 Å². The minimum absolute atomic E-state index is 0.0545. The molecule has 0 unspecified atom stereocenters. The third-order valence-electron chi connectivity index (χ3n) is 4.73. The number of nitrogens with one attached hydrogen (secondary N) is 1. The van der Waals surface area contributed by atoms with Crippen molar-refractivity contribution in [2.24, 2.45) is 0 Å². The minimum Gasteiger partial charge on any atom is -0.487 e. The molecular formula is C21H23N3O3. The Morgan fingerprint density at radius 3 is 2.85 bits per heavy atom. The highest BCUT2D eigenvalue weighted by Crippen LogP contribution is 2.29. The van der Waals surface area contributed by atoms with Crippen LogP contribution in [-0.4, -0.2) is 30.1 Å². The van der Waals surface area contributed by atoms with E-state index in [2.05, 4.69) is 28.2 Å². The average Bonchev–Trinajstić information content (AvgIpc) is 2.99. The Balaban J connectivity index is 1.42. The van der Waals surface area contributed by atoms with E-state index < -0.39 is 0 Å². The van der Waals surface area contributed by atoms with Gasteiger partial charge in [0, 0.05) is 6.92 Å². The van der Waals surface area contributed by atoms with E-state index in [0.29, 0.717) is 6.01 Å². The molecule has 1 aromatic heterocycles. The summed E-state index contributed by atoms with van der Waals surface area (Å²) in [6.07, 6.45) is 0.136. The smallest absolute Gasteiger partial charge is 0.298 e. The fourth-order valence-corrected chi connectivity index (χ4v) is 3.27. The number of benzene rings is 2. The molecule has 1 aliphatic heterocycles. The lowest BCUT2D eigenvalue weighted by atomic mass is 10.1. The lowest BCUT2D eigenvalue weighted by Crippen LogP contribution is -2.54. The number of nitrogens with zero attached hydrogens (tertiary/aromatic N) is 2. The maximum absolute atomic E-state index is 11.2. The summed E-state index contributed by atoms with van der Waals surface area (Å²) in [4.78, 5) is 17.9. The molecular weight excluding hydrogens is 342 g/mol. The van der Waals surface area contributed by atoms with Gasteiger partial charge in [0.1, 0.15) is 17.4 Å². The van der Waals surface area contributed by atoms with Crippen LogP contribution in [0.15, 0.2) is 46.9 Å². The van der Waals surface area contributed by atoms with Gasteiger partial charge >= 0.3 is 0 Å². The van der Waals surface area contributed by atoms with Gasteiger partial charge in [-0.25, -0.2) is 0 Å². The molecule has 140 valence electrons. The van der Waals surface area contributed by atoms with E-state index in [-0.39, 0.29) is 18.1 Å². The van der Waals surface area contributed by atoms with Crippen molar-refractivity contribution in [2.75, 3.05) is 18.0 Å². The normalized spacial score (nSPS) is 15.4.